The Morgan fingerprint density at radius 1 is 1.45 bits per heavy atom. The molecule has 62 valence electrons. The Hall–Kier alpha value is -0.520. The van der Waals surface area contributed by atoms with E-state index in [2.05, 4.69) is 30.0 Å². The van der Waals surface area contributed by atoms with Gasteiger partial charge in [0.1, 0.15) is 0 Å². The summed E-state index contributed by atoms with van der Waals surface area (Å²) in [7, 11) is 0. The van der Waals surface area contributed by atoms with Crippen molar-refractivity contribution >= 4 is 0 Å². The Bertz CT molecular complexity index is 149. The predicted octanol–water partition coefficient (Wildman–Crippen LogP) is 0.302. The van der Waals surface area contributed by atoms with Gasteiger partial charge in [0.15, 0.2) is 0 Å². The molecule has 2 atom stereocenters. The molecule has 11 heavy (non-hydrogen) atoms. The monoisotopic (exact) mass is 152 g/mol. The zero-order chi connectivity index (χ0) is 8.27. The Balaban J connectivity index is 2.49. The standard InChI is InChI=1S/C9H16N2/c1-4-5-11-8(2)6-10-7-9(11)3/h1,8-10H,5-7H2,2-3H3/t8-,9+. The van der Waals surface area contributed by atoms with Gasteiger partial charge >= 0.3 is 0 Å². The van der Waals surface area contributed by atoms with E-state index in [9.17, 15) is 0 Å². The fourth-order valence-corrected chi connectivity index (χ4v) is 1.59. The number of rotatable bonds is 1. The molecule has 1 saturated heterocycles. The Kier molecular flexibility index (Phi) is 2.92. The third-order valence-electron chi connectivity index (χ3n) is 2.29. The topological polar surface area (TPSA) is 15.3 Å². The van der Waals surface area contributed by atoms with Crippen LogP contribution in [0.25, 0.3) is 0 Å². The first-order valence-corrected chi connectivity index (χ1v) is 4.15. The van der Waals surface area contributed by atoms with Crippen molar-refractivity contribution in [1.29, 1.82) is 0 Å². The van der Waals surface area contributed by atoms with Crippen LogP contribution in [-0.2, 0) is 0 Å². The predicted molar refractivity (Wildman–Crippen MR) is 47.3 cm³/mol. The van der Waals surface area contributed by atoms with Crippen molar-refractivity contribution in [3.05, 3.63) is 0 Å². The molecule has 1 N–H and O–H groups in total. The highest BCUT2D eigenvalue weighted by Gasteiger charge is 2.22. The molecule has 0 unspecified atom stereocenters. The molecule has 0 spiro atoms. The molecule has 1 rings (SSSR count). The first kappa shape index (κ1) is 8.58. The van der Waals surface area contributed by atoms with Crippen LogP contribution in [0.5, 0.6) is 0 Å². The second-order valence-corrected chi connectivity index (χ2v) is 3.23. The van der Waals surface area contributed by atoms with Crippen molar-refractivity contribution < 1.29 is 0 Å². The second-order valence-electron chi connectivity index (χ2n) is 3.23. The van der Waals surface area contributed by atoms with Gasteiger partial charge in [0.05, 0.1) is 6.54 Å². The number of nitrogens with zero attached hydrogens (tertiary/aromatic N) is 1. The van der Waals surface area contributed by atoms with Crippen molar-refractivity contribution in [3.63, 3.8) is 0 Å². The maximum Gasteiger partial charge on any atom is 0.0604 e. The van der Waals surface area contributed by atoms with Gasteiger partial charge in [0.2, 0.25) is 0 Å². The number of hydrogen-bond acceptors (Lipinski definition) is 2. The van der Waals surface area contributed by atoms with E-state index in [0.717, 1.165) is 19.6 Å². The largest absolute Gasteiger partial charge is 0.314 e. The summed E-state index contributed by atoms with van der Waals surface area (Å²) in [6.07, 6.45) is 5.27. The van der Waals surface area contributed by atoms with Gasteiger partial charge in [-0.2, -0.15) is 0 Å². The van der Waals surface area contributed by atoms with Gasteiger partial charge in [-0.3, -0.25) is 4.90 Å². The van der Waals surface area contributed by atoms with Crippen LogP contribution < -0.4 is 5.32 Å². The SMILES string of the molecule is C#CCN1[C@H](C)CNC[C@@H]1C. The van der Waals surface area contributed by atoms with Crippen molar-refractivity contribution in [1.82, 2.24) is 10.2 Å². The molecule has 0 amide bonds. The first-order valence-electron chi connectivity index (χ1n) is 4.15. The normalized spacial score (nSPS) is 33.2. The Morgan fingerprint density at radius 3 is 2.45 bits per heavy atom. The van der Waals surface area contributed by atoms with Crippen molar-refractivity contribution in [2.24, 2.45) is 0 Å². The summed E-state index contributed by atoms with van der Waals surface area (Å²) < 4.78 is 0. The van der Waals surface area contributed by atoms with Crippen molar-refractivity contribution in [2.75, 3.05) is 19.6 Å². The van der Waals surface area contributed by atoms with Gasteiger partial charge in [-0.05, 0) is 13.8 Å². The molecular weight excluding hydrogens is 136 g/mol. The third-order valence-corrected chi connectivity index (χ3v) is 2.29. The lowest BCUT2D eigenvalue weighted by molar-refractivity contribution is 0.135. The molecule has 0 saturated carbocycles. The van der Waals surface area contributed by atoms with E-state index in [1.54, 1.807) is 0 Å². The number of terminal acetylenes is 1. The fraction of sp³-hybridized carbons (Fsp3) is 0.778. The van der Waals surface area contributed by atoms with Crippen LogP contribution >= 0.6 is 0 Å². The van der Waals surface area contributed by atoms with Crippen LogP contribution in [0.3, 0.4) is 0 Å². The van der Waals surface area contributed by atoms with Crippen LogP contribution in [0, 0.1) is 12.3 Å². The molecule has 0 bridgehead atoms. The van der Waals surface area contributed by atoms with Gasteiger partial charge in [-0.15, -0.1) is 6.42 Å². The van der Waals surface area contributed by atoms with Gasteiger partial charge in [0, 0.05) is 25.2 Å². The molecule has 1 aliphatic heterocycles. The van der Waals surface area contributed by atoms with Crippen LogP contribution in [0.4, 0.5) is 0 Å². The van der Waals surface area contributed by atoms with E-state index >= 15 is 0 Å². The lowest BCUT2D eigenvalue weighted by Gasteiger charge is -2.38. The molecule has 0 radical (unpaired) electrons. The molecule has 0 aromatic carbocycles. The van der Waals surface area contributed by atoms with Crippen LogP contribution in [0.2, 0.25) is 0 Å². The van der Waals surface area contributed by atoms with E-state index in [1.165, 1.54) is 0 Å². The highest BCUT2D eigenvalue weighted by molar-refractivity contribution is 4.94. The molecular formula is C9H16N2. The minimum Gasteiger partial charge on any atom is -0.314 e. The highest BCUT2D eigenvalue weighted by Crippen LogP contribution is 2.07. The number of nitrogens with one attached hydrogen (secondary N) is 1. The van der Waals surface area contributed by atoms with Gasteiger partial charge in [0.25, 0.3) is 0 Å². The summed E-state index contributed by atoms with van der Waals surface area (Å²) in [6.45, 7) is 7.32. The summed E-state index contributed by atoms with van der Waals surface area (Å²) >= 11 is 0. The van der Waals surface area contributed by atoms with E-state index in [-0.39, 0.29) is 0 Å². The lowest BCUT2D eigenvalue weighted by atomic mass is 10.1. The first-order chi connectivity index (χ1) is 5.25. The summed E-state index contributed by atoms with van der Waals surface area (Å²) in [5.74, 6) is 2.70. The van der Waals surface area contributed by atoms with E-state index in [0.29, 0.717) is 12.1 Å². The second kappa shape index (κ2) is 3.75. The summed E-state index contributed by atoms with van der Waals surface area (Å²) in [6, 6.07) is 1.16. The zero-order valence-electron chi connectivity index (χ0n) is 7.30. The molecule has 0 aromatic heterocycles. The zero-order valence-corrected chi connectivity index (χ0v) is 7.30. The number of piperazine rings is 1. The van der Waals surface area contributed by atoms with Crippen LogP contribution in [0.15, 0.2) is 0 Å². The minimum absolute atomic E-state index is 0.579. The molecule has 1 heterocycles. The highest BCUT2D eigenvalue weighted by atomic mass is 15.2. The molecule has 1 fully saturated rings. The Labute approximate surface area is 69.0 Å². The molecule has 0 aromatic rings. The average Bonchev–Trinajstić information content (AvgIpc) is 1.97. The van der Waals surface area contributed by atoms with Crippen molar-refractivity contribution in [3.8, 4) is 12.3 Å². The van der Waals surface area contributed by atoms with Crippen LogP contribution in [0.1, 0.15) is 13.8 Å². The maximum absolute atomic E-state index is 5.27. The fourth-order valence-electron chi connectivity index (χ4n) is 1.59. The van der Waals surface area contributed by atoms with E-state index < -0.39 is 0 Å². The smallest absolute Gasteiger partial charge is 0.0604 e. The van der Waals surface area contributed by atoms with Gasteiger partial charge < -0.3 is 5.32 Å². The van der Waals surface area contributed by atoms with Gasteiger partial charge in [-0.1, -0.05) is 5.92 Å². The Morgan fingerprint density at radius 2 is 2.00 bits per heavy atom. The summed E-state index contributed by atoms with van der Waals surface area (Å²) in [4.78, 5) is 2.36. The molecule has 2 heteroatoms. The maximum atomic E-state index is 5.27. The lowest BCUT2D eigenvalue weighted by Crippen LogP contribution is -2.54. The van der Waals surface area contributed by atoms with E-state index in [4.69, 9.17) is 6.42 Å². The molecule has 2 nitrogen and oxygen atoms in total. The van der Waals surface area contributed by atoms with Crippen LogP contribution in [-0.4, -0.2) is 36.6 Å². The summed E-state index contributed by atoms with van der Waals surface area (Å²) in [5.41, 5.74) is 0. The number of hydrogen-bond donors (Lipinski definition) is 1. The molecule has 0 aliphatic carbocycles. The van der Waals surface area contributed by atoms with E-state index in [1.807, 2.05) is 0 Å². The third kappa shape index (κ3) is 1.95. The summed E-state index contributed by atoms with van der Waals surface area (Å²) in [5, 5.41) is 3.36. The average molecular weight is 152 g/mol. The van der Waals surface area contributed by atoms with Crippen molar-refractivity contribution in [2.45, 2.75) is 25.9 Å². The molecule has 1 aliphatic rings. The minimum atomic E-state index is 0.579. The van der Waals surface area contributed by atoms with Gasteiger partial charge in [-0.25, -0.2) is 0 Å². The quantitative estimate of drug-likeness (QED) is 0.544.